The first-order chi connectivity index (χ1) is 8.39. The van der Waals surface area contributed by atoms with Crippen LogP contribution in [0.1, 0.15) is 21.7 Å². The maximum absolute atomic E-state index is 13.0. The van der Waals surface area contributed by atoms with Gasteiger partial charge in [0.1, 0.15) is 12.1 Å². The Morgan fingerprint density at radius 2 is 2.00 bits per heavy atom. The summed E-state index contributed by atoms with van der Waals surface area (Å²) in [5.74, 6) is -2.44. The quantitative estimate of drug-likeness (QED) is 0.664. The summed E-state index contributed by atoms with van der Waals surface area (Å²) in [5, 5.41) is 5.63. The maximum Gasteiger partial charge on any atom is 0.419 e. The number of nitrogens with zero attached hydrogens (tertiary/aromatic N) is 2. The molecule has 0 radical (unpaired) electrons. The molecule has 0 aliphatic heterocycles. The van der Waals surface area contributed by atoms with E-state index in [9.17, 15) is 22.4 Å². The molecule has 1 aromatic heterocycles. The van der Waals surface area contributed by atoms with Crippen LogP contribution >= 0.6 is 0 Å². The second kappa shape index (κ2) is 4.21. The van der Waals surface area contributed by atoms with Gasteiger partial charge in [-0.3, -0.25) is 9.89 Å². The highest BCUT2D eigenvalue weighted by Gasteiger charge is 2.34. The number of alkyl halides is 3. The van der Waals surface area contributed by atoms with E-state index < -0.39 is 23.3 Å². The lowest BCUT2D eigenvalue weighted by molar-refractivity contribution is -0.140. The molecule has 1 heterocycles. The summed E-state index contributed by atoms with van der Waals surface area (Å²) in [6.07, 6.45) is -3.82. The Morgan fingerprint density at radius 1 is 1.28 bits per heavy atom. The van der Waals surface area contributed by atoms with Crippen LogP contribution in [0.4, 0.5) is 17.6 Å². The van der Waals surface area contributed by atoms with E-state index in [2.05, 4.69) is 15.2 Å². The number of aromatic amines is 1. The predicted molar refractivity (Wildman–Crippen MR) is 51.2 cm³/mol. The second-order valence-corrected chi connectivity index (χ2v) is 3.36. The summed E-state index contributed by atoms with van der Waals surface area (Å²) in [4.78, 5) is 15.2. The number of carbonyl (C=O) groups excluding carboxylic acids is 1. The van der Waals surface area contributed by atoms with Gasteiger partial charge < -0.3 is 0 Å². The van der Waals surface area contributed by atoms with Crippen LogP contribution in [0.15, 0.2) is 24.5 Å². The molecule has 0 fully saturated rings. The molecule has 0 bridgehead atoms. The fourth-order valence-corrected chi connectivity index (χ4v) is 1.34. The number of nitrogens with one attached hydrogen (secondary N) is 1. The molecular formula is C10H5F4N3O. The normalized spacial score (nSPS) is 11.6. The lowest BCUT2D eigenvalue weighted by Gasteiger charge is -2.08. The highest BCUT2D eigenvalue weighted by Crippen LogP contribution is 2.32. The first-order valence-electron chi connectivity index (χ1n) is 4.66. The van der Waals surface area contributed by atoms with Crippen molar-refractivity contribution >= 4 is 5.78 Å². The van der Waals surface area contributed by atoms with Crippen molar-refractivity contribution in [2.75, 3.05) is 0 Å². The van der Waals surface area contributed by atoms with E-state index in [0.29, 0.717) is 12.1 Å². The average Bonchev–Trinajstić information content (AvgIpc) is 2.80. The number of rotatable bonds is 2. The van der Waals surface area contributed by atoms with Gasteiger partial charge in [0.25, 0.3) is 0 Å². The van der Waals surface area contributed by atoms with Crippen molar-refractivity contribution in [2.45, 2.75) is 6.18 Å². The minimum atomic E-state index is -4.86. The Labute approximate surface area is 97.7 Å². The fourth-order valence-electron chi connectivity index (χ4n) is 1.34. The topological polar surface area (TPSA) is 58.6 Å². The van der Waals surface area contributed by atoms with Crippen molar-refractivity contribution < 1.29 is 22.4 Å². The largest absolute Gasteiger partial charge is 0.419 e. The van der Waals surface area contributed by atoms with Gasteiger partial charge in [-0.1, -0.05) is 0 Å². The zero-order chi connectivity index (χ0) is 13.3. The molecule has 0 spiro atoms. The van der Waals surface area contributed by atoms with Gasteiger partial charge in [-0.25, -0.2) is 9.37 Å². The average molecular weight is 259 g/mol. The van der Waals surface area contributed by atoms with Gasteiger partial charge in [-0.05, 0) is 18.2 Å². The first kappa shape index (κ1) is 12.2. The Kier molecular flexibility index (Phi) is 2.85. The molecule has 0 unspecified atom stereocenters. The highest BCUT2D eigenvalue weighted by molar-refractivity contribution is 6.06. The smallest absolute Gasteiger partial charge is 0.285 e. The number of H-pyrrole nitrogens is 1. The molecule has 2 aromatic rings. The molecule has 0 saturated carbocycles. The molecule has 0 atom stereocenters. The lowest BCUT2D eigenvalue weighted by Crippen LogP contribution is -2.11. The Balaban J connectivity index is 2.45. The fraction of sp³-hybridized carbons (Fsp3) is 0.100. The van der Waals surface area contributed by atoms with Crippen molar-refractivity contribution in [3.8, 4) is 0 Å². The van der Waals surface area contributed by atoms with Crippen LogP contribution in [0.25, 0.3) is 0 Å². The van der Waals surface area contributed by atoms with Crippen LogP contribution in [-0.4, -0.2) is 21.0 Å². The van der Waals surface area contributed by atoms with E-state index in [4.69, 9.17) is 0 Å². The van der Waals surface area contributed by atoms with Crippen molar-refractivity contribution in [1.29, 1.82) is 0 Å². The molecule has 4 nitrogen and oxygen atoms in total. The van der Waals surface area contributed by atoms with Crippen LogP contribution in [0, 0.1) is 5.82 Å². The summed E-state index contributed by atoms with van der Waals surface area (Å²) >= 11 is 0. The SMILES string of the molecule is O=C(c1ccc(F)c(C(F)(F)F)c1)c1ncn[nH]1. The van der Waals surface area contributed by atoms with Crippen LogP contribution in [-0.2, 0) is 6.18 Å². The van der Waals surface area contributed by atoms with Gasteiger partial charge in [0.2, 0.25) is 5.78 Å². The summed E-state index contributed by atoms with van der Waals surface area (Å²) in [7, 11) is 0. The van der Waals surface area contributed by atoms with Gasteiger partial charge in [0.05, 0.1) is 5.56 Å². The molecule has 0 aliphatic rings. The summed E-state index contributed by atoms with van der Waals surface area (Å²) in [6, 6.07) is 1.99. The van der Waals surface area contributed by atoms with E-state index in [1.54, 1.807) is 0 Å². The maximum atomic E-state index is 13.0. The standard InChI is InChI=1S/C10H5F4N3O/c11-7-2-1-5(3-6(7)10(12,13)14)8(18)9-15-4-16-17-9/h1-4H,(H,15,16,17). The molecule has 8 heteroatoms. The Bertz CT molecular complexity index is 577. The third kappa shape index (κ3) is 2.22. The minimum Gasteiger partial charge on any atom is -0.285 e. The minimum absolute atomic E-state index is 0.213. The first-order valence-corrected chi connectivity index (χ1v) is 4.66. The van der Waals surface area contributed by atoms with E-state index in [0.717, 1.165) is 12.4 Å². The third-order valence-corrected chi connectivity index (χ3v) is 2.16. The molecule has 2 rings (SSSR count). The number of carbonyl (C=O) groups is 1. The number of ketones is 1. The van der Waals surface area contributed by atoms with Crippen molar-refractivity contribution in [2.24, 2.45) is 0 Å². The number of benzene rings is 1. The highest BCUT2D eigenvalue weighted by atomic mass is 19.4. The molecule has 94 valence electrons. The Morgan fingerprint density at radius 3 is 2.56 bits per heavy atom. The molecule has 18 heavy (non-hydrogen) atoms. The molecule has 0 aliphatic carbocycles. The van der Waals surface area contributed by atoms with E-state index in [1.165, 1.54) is 0 Å². The lowest BCUT2D eigenvalue weighted by atomic mass is 10.1. The second-order valence-electron chi connectivity index (χ2n) is 3.36. The van der Waals surface area contributed by atoms with Crippen LogP contribution < -0.4 is 0 Å². The van der Waals surface area contributed by atoms with Gasteiger partial charge in [0, 0.05) is 5.56 Å². The number of hydrogen-bond acceptors (Lipinski definition) is 3. The number of hydrogen-bond donors (Lipinski definition) is 1. The summed E-state index contributed by atoms with van der Waals surface area (Å²) < 4.78 is 50.3. The third-order valence-electron chi connectivity index (χ3n) is 2.16. The number of halogens is 4. The molecular weight excluding hydrogens is 254 g/mol. The predicted octanol–water partition coefficient (Wildman–Crippen LogP) is 2.19. The molecule has 1 N–H and O–H groups in total. The summed E-state index contributed by atoms with van der Waals surface area (Å²) in [5.41, 5.74) is -1.81. The van der Waals surface area contributed by atoms with Crippen molar-refractivity contribution in [3.63, 3.8) is 0 Å². The molecule has 0 amide bonds. The number of aromatic nitrogens is 3. The zero-order valence-electron chi connectivity index (χ0n) is 8.62. The zero-order valence-corrected chi connectivity index (χ0v) is 8.62. The van der Waals surface area contributed by atoms with Gasteiger partial charge in [-0.15, -0.1) is 0 Å². The van der Waals surface area contributed by atoms with Crippen molar-refractivity contribution in [3.05, 3.63) is 47.3 Å². The van der Waals surface area contributed by atoms with E-state index >= 15 is 0 Å². The van der Waals surface area contributed by atoms with E-state index in [-0.39, 0.29) is 11.4 Å². The van der Waals surface area contributed by atoms with Crippen LogP contribution in [0.2, 0.25) is 0 Å². The Hall–Kier alpha value is -2.25. The van der Waals surface area contributed by atoms with Crippen LogP contribution in [0.3, 0.4) is 0 Å². The molecule has 0 saturated heterocycles. The van der Waals surface area contributed by atoms with Crippen LogP contribution in [0.5, 0.6) is 0 Å². The van der Waals surface area contributed by atoms with Gasteiger partial charge >= 0.3 is 6.18 Å². The molecule has 1 aromatic carbocycles. The van der Waals surface area contributed by atoms with Gasteiger partial charge in [-0.2, -0.15) is 18.3 Å². The van der Waals surface area contributed by atoms with Gasteiger partial charge in [0.15, 0.2) is 5.82 Å². The monoisotopic (exact) mass is 259 g/mol. The van der Waals surface area contributed by atoms with Crippen molar-refractivity contribution in [1.82, 2.24) is 15.2 Å². The van der Waals surface area contributed by atoms with E-state index in [1.807, 2.05) is 0 Å². The summed E-state index contributed by atoms with van der Waals surface area (Å²) in [6.45, 7) is 0.